The Kier molecular flexibility index (Phi) is 3.77. The van der Waals surface area contributed by atoms with Crippen molar-refractivity contribution >= 4 is 21.9 Å². The Morgan fingerprint density at radius 2 is 1.39 bits per heavy atom. The predicted octanol–water partition coefficient (Wildman–Crippen LogP) is 8.68. The second-order valence-electron chi connectivity index (χ2n) is 9.63. The molecule has 0 spiro atoms. The fraction of sp³-hybridized carbons (Fsp3) is 0.200. The van der Waals surface area contributed by atoms with Gasteiger partial charge in [0, 0.05) is 21.8 Å². The molecule has 4 aromatic carbocycles. The van der Waals surface area contributed by atoms with Gasteiger partial charge in [-0.1, -0.05) is 94.4 Å². The summed E-state index contributed by atoms with van der Waals surface area (Å²) in [4.78, 5) is 0. The Morgan fingerprint density at radius 1 is 0.677 bits per heavy atom. The van der Waals surface area contributed by atoms with Gasteiger partial charge in [0.25, 0.3) is 0 Å². The molecule has 0 N–H and O–H groups in total. The molecule has 1 aromatic heterocycles. The molecule has 0 bridgehead atoms. The van der Waals surface area contributed by atoms with Crippen LogP contribution in [0.1, 0.15) is 50.3 Å². The summed E-state index contributed by atoms with van der Waals surface area (Å²) in [7, 11) is 0. The highest BCUT2D eigenvalue weighted by Gasteiger charge is 2.36. The fourth-order valence-corrected chi connectivity index (χ4v) is 5.26. The Hall–Kier alpha value is -3.32. The molecule has 0 saturated carbocycles. The average Bonchev–Trinajstić information content (AvgIpc) is 3.26. The largest absolute Gasteiger partial charge is 0.455 e. The van der Waals surface area contributed by atoms with Gasteiger partial charge in [-0.2, -0.15) is 0 Å². The van der Waals surface area contributed by atoms with Gasteiger partial charge in [-0.25, -0.2) is 0 Å². The molecule has 0 fully saturated rings. The summed E-state index contributed by atoms with van der Waals surface area (Å²) in [5.74, 6) is 0.533. The minimum Gasteiger partial charge on any atom is -0.455 e. The second kappa shape index (κ2) is 6.34. The predicted molar refractivity (Wildman–Crippen MR) is 131 cm³/mol. The molecule has 1 aliphatic rings. The first-order valence-electron chi connectivity index (χ1n) is 11.1. The first-order valence-corrected chi connectivity index (χ1v) is 11.1. The standard InChI is InChI=1S/C30H26O/c1-18(2)19-12-14-22-23-15-13-20(17-27(23)30(3,4)26(22)16-19)21-9-7-10-25-24-8-5-6-11-28(24)31-29(21)25/h5-18H,1-4H3. The third-order valence-corrected chi connectivity index (χ3v) is 7.08. The number of hydrogen-bond donors (Lipinski definition) is 0. The summed E-state index contributed by atoms with van der Waals surface area (Å²) in [6.07, 6.45) is 0. The van der Waals surface area contributed by atoms with E-state index in [-0.39, 0.29) is 5.41 Å². The van der Waals surface area contributed by atoms with Crippen LogP contribution in [0.15, 0.2) is 83.3 Å². The third kappa shape index (κ3) is 2.56. The van der Waals surface area contributed by atoms with E-state index in [9.17, 15) is 0 Å². The molecule has 0 unspecified atom stereocenters. The van der Waals surface area contributed by atoms with E-state index >= 15 is 0 Å². The zero-order chi connectivity index (χ0) is 21.3. The van der Waals surface area contributed by atoms with Crippen LogP contribution in [-0.4, -0.2) is 0 Å². The highest BCUT2D eigenvalue weighted by atomic mass is 16.3. The van der Waals surface area contributed by atoms with Gasteiger partial charge in [0.05, 0.1) is 0 Å². The molecular formula is C30H26O. The van der Waals surface area contributed by atoms with Crippen LogP contribution in [0, 0.1) is 0 Å². The van der Waals surface area contributed by atoms with Gasteiger partial charge in [-0.05, 0) is 51.4 Å². The number of hydrogen-bond acceptors (Lipinski definition) is 1. The van der Waals surface area contributed by atoms with Crippen LogP contribution in [0.3, 0.4) is 0 Å². The Morgan fingerprint density at radius 3 is 2.19 bits per heavy atom. The monoisotopic (exact) mass is 402 g/mol. The summed E-state index contributed by atoms with van der Waals surface area (Å²) in [5, 5.41) is 2.35. The van der Waals surface area contributed by atoms with Gasteiger partial charge in [-0.15, -0.1) is 0 Å². The van der Waals surface area contributed by atoms with Crippen LogP contribution in [-0.2, 0) is 5.41 Å². The van der Waals surface area contributed by atoms with E-state index in [0.29, 0.717) is 5.92 Å². The minimum absolute atomic E-state index is 0.0205. The maximum absolute atomic E-state index is 6.31. The van der Waals surface area contributed by atoms with Crippen molar-refractivity contribution in [3.05, 3.63) is 95.6 Å². The molecule has 152 valence electrons. The molecule has 6 rings (SSSR count). The number of rotatable bonds is 2. The van der Waals surface area contributed by atoms with E-state index in [1.807, 2.05) is 12.1 Å². The van der Waals surface area contributed by atoms with Crippen molar-refractivity contribution in [2.75, 3.05) is 0 Å². The average molecular weight is 403 g/mol. The molecule has 0 amide bonds. The zero-order valence-corrected chi connectivity index (χ0v) is 18.5. The minimum atomic E-state index is -0.0205. The van der Waals surface area contributed by atoms with Crippen molar-refractivity contribution < 1.29 is 4.42 Å². The molecule has 5 aromatic rings. The Labute approximate surface area is 183 Å². The summed E-state index contributed by atoms with van der Waals surface area (Å²) in [5.41, 5.74) is 11.2. The first kappa shape index (κ1) is 18.4. The van der Waals surface area contributed by atoms with Crippen LogP contribution >= 0.6 is 0 Å². The molecular weight excluding hydrogens is 376 g/mol. The van der Waals surface area contributed by atoms with E-state index in [0.717, 1.165) is 16.7 Å². The van der Waals surface area contributed by atoms with Gasteiger partial charge in [0.15, 0.2) is 0 Å². The van der Waals surface area contributed by atoms with E-state index < -0.39 is 0 Å². The number of para-hydroxylation sites is 2. The van der Waals surface area contributed by atoms with E-state index in [4.69, 9.17) is 4.42 Å². The number of furan rings is 1. The molecule has 1 nitrogen and oxygen atoms in total. The third-order valence-electron chi connectivity index (χ3n) is 7.08. The molecule has 0 saturated heterocycles. The highest BCUT2D eigenvalue weighted by Crippen LogP contribution is 2.50. The second-order valence-corrected chi connectivity index (χ2v) is 9.63. The Balaban J connectivity index is 1.56. The van der Waals surface area contributed by atoms with E-state index in [2.05, 4.69) is 94.4 Å². The van der Waals surface area contributed by atoms with Gasteiger partial charge in [0.1, 0.15) is 11.2 Å². The van der Waals surface area contributed by atoms with Gasteiger partial charge >= 0.3 is 0 Å². The molecule has 0 aliphatic heterocycles. The summed E-state index contributed by atoms with van der Waals surface area (Å²) in [6, 6.07) is 28.7. The molecule has 1 aliphatic carbocycles. The van der Waals surface area contributed by atoms with Gasteiger partial charge in [0.2, 0.25) is 0 Å². The number of fused-ring (bicyclic) bond motifs is 6. The van der Waals surface area contributed by atoms with Crippen LogP contribution < -0.4 is 0 Å². The lowest BCUT2D eigenvalue weighted by atomic mass is 9.80. The van der Waals surface area contributed by atoms with E-state index in [1.165, 1.54) is 44.2 Å². The maximum Gasteiger partial charge on any atom is 0.143 e. The zero-order valence-electron chi connectivity index (χ0n) is 18.5. The van der Waals surface area contributed by atoms with Crippen molar-refractivity contribution in [3.8, 4) is 22.3 Å². The van der Waals surface area contributed by atoms with Crippen LogP contribution in [0.2, 0.25) is 0 Å². The highest BCUT2D eigenvalue weighted by molar-refractivity contribution is 6.09. The van der Waals surface area contributed by atoms with Crippen LogP contribution in [0.25, 0.3) is 44.2 Å². The molecule has 31 heavy (non-hydrogen) atoms. The summed E-state index contributed by atoms with van der Waals surface area (Å²) >= 11 is 0. The van der Waals surface area contributed by atoms with Crippen LogP contribution in [0.5, 0.6) is 0 Å². The van der Waals surface area contributed by atoms with Gasteiger partial charge < -0.3 is 4.42 Å². The van der Waals surface area contributed by atoms with Crippen molar-refractivity contribution in [1.82, 2.24) is 0 Å². The SMILES string of the molecule is CC(C)c1ccc2c(c1)C(C)(C)c1cc(-c3cccc4c3oc3ccccc34)ccc1-2. The van der Waals surface area contributed by atoms with Crippen molar-refractivity contribution in [1.29, 1.82) is 0 Å². The van der Waals surface area contributed by atoms with Crippen molar-refractivity contribution in [2.24, 2.45) is 0 Å². The summed E-state index contributed by atoms with van der Waals surface area (Å²) < 4.78 is 6.31. The lowest BCUT2D eigenvalue weighted by molar-refractivity contribution is 0.657. The lowest BCUT2D eigenvalue weighted by Gasteiger charge is -2.23. The lowest BCUT2D eigenvalue weighted by Crippen LogP contribution is -2.15. The molecule has 0 radical (unpaired) electrons. The summed E-state index contributed by atoms with van der Waals surface area (Å²) in [6.45, 7) is 9.24. The fourth-order valence-electron chi connectivity index (χ4n) is 5.26. The number of benzene rings is 4. The smallest absolute Gasteiger partial charge is 0.143 e. The van der Waals surface area contributed by atoms with E-state index in [1.54, 1.807) is 0 Å². The Bertz CT molecular complexity index is 1480. The normalized spacial score (nSPS) is 14.4. The van der Waals surface area contributed by atoms with Crippen molar-refractivity contribution in [3.63, 3.8) is 0 Å². The molecule has 1 heterocycles. The maximum atomic E-state index is 6.31. The first-order chi connectivity index (χ1) is 14.9. The topological polar surface area (TPSA) is 13.1 Å². The van der Waals surface area contributed by atoms with Crippen molar-refractivity contribution in [2.45, 2.75) is 39.0 Å². The molecule has 1 heteroatoms. The molecule has 0 atom stereocenters. The van der Waals surface area contributed by atoms with Gasteiger partial charge in [-0.3, -0.25) is 0 Å². The van der Waals surface area contributed by atoms with Crippen LogP contribution in [0.4, 0.5) is 0 Å². The quantitative estimate of drug-likeness (QED) is 0.288.